The maximum Gasteiger partial charge on any atom is 0.317 e. The number of carbonyl (C=O) groups is 1. The lowest BCUT2D eigenvalue weighted by molar-refractivity contribution is 0.217. The molecule has 2 aliphatic rings. The number of rotatable bonds is 4. The molecular formula is C12H23N3O. The average Bonchev–Trinajstić information content (AvgIpc) is 2.52. The Morgan fingerprint density at radius 2 is 2.00 bits per heavy atom. The van der Waals surface area contributed by atoms with Crippen molar-refractivity contribution in [1.29, 1.82) is 0 Å². The molecule has 2 rings (SSSR count). The molecular weight excluding hydrogens is 202 g/mol. The first-order valence-electron chi connectivity index (χ1n) is 6.13. The summed E-state index contributed by atoms with van der Waals surface area (Å²) in [4.78, 5) is 13.2. The first kappa shape index (κ1) is 11.7. The zero-order valence-electron chi connectivity index (χ0n) is 10.8. The summed E-state index contributed by atoms with van der Waals surface area (Å²) in [6.07, 6.45) is 0. The Morgan fingerprint density at radius 1 is 1.38 bits per heavy atom. The van der Waals surface area contributed by atoms with Crippen molar-refractivity contribution in [2.24, 2.45) is 10.8 Å². The Kier molecular flexibility index (Phi) is 2.65. The molecule has 1 saturated heterocycles. The SMILES string of the molecule is CC1(C)C(NCCN2CCNC2=O)C1(C)C. The van der Waals surface area contributed by atoms with Gasteiger partial charge < -0.3 is 15.5 Å². The van der Waals surface area contributed by atoms with Crippen molar-refractivity contribution in [2.75, 3.05) is 26.2 Å². The zero-order chi connectivity index (χ0) is 12.0. The minimum atomic E-state index is 0.0797. The standard InChI is InChI=1S/C12H23N3O/c1-11(2)9(12(11,3)4)13-5-7-15-8-6-14-10(15)16/h9,13H,5-8H2,1-4H3,(H,14,16). The van der Waals surface area contributed by atoms with E-state index in [0.29, 0.717) is 16.9 Å². The fourth-order valence-electron chi connectivity index (χ4n) is 2.78. The van der Waals surface area contributed by atoms with E-state index in [9.17, 15) is 4.79 Å². The van der Waals surface area contributed by atoms with E-state index in [0.717, 1.165) is 26.2 Å². The summed E-state index contributed by atoms with van der Waals surface area (Å²) in [5, 5.41) is 6.38. The first-order valence-corrected chi connectivity index (χ1v) is 6.13. The minimum Gasteiger partial charge on any atom is -0.336 e. The second-order valence-corrected chi connectivity index (χ2v) is 6.05. The summed E-state index contributed by atoms with van der Waals surface area (Å²) in [7, 11) is 0. The van der Waals surface area contributed by atoms with Crippen LogP contribution in [0, 0.1) is 10.8 Å². The van der Waals surface area contributed by atoms with E-state index in [1.165, 1.54) is 0 Å². The highest BCUT2D eigenvalue weighted by Gasteiger charge is 2.64. The molecule has 0 spiro atoms. The van der Waals surface area contributed by atoms with E-state index in [1.54, 1.807) is 0 Å². The summed E-state index contributed by atoms with van der Waals surface area (Å²) in [5.41, 5.74) is 0.751. The molecule has 2 N–H and O–H groups in total. The van der Waals surface area contributed by atoms with Crippen LogP contribution < -0.4 is 10.6 Å². The van der Waals surface area contributed by atoms with Gasteiger partial charge in [0.25, 0.3) is 0 Å². The van der Waals surface area contributed by atoms with Crippen molar-refractivity contribution >= 4 is 6.03 Å². The molecule has 1 aliphatic carbocycles. The van der Waals surface area contributed by atoms with E-state index in [4.69, 9.17) is 0 Å². The van der Waals surface area contributed by atoms with Gasteiger partial charge in [-0.05, 0) is 10.8 Å². The highest BCUT2D eigenvalue weighted by Crippen LogP contribution is 2.62. The number of hydrogen-bond donors (Lipinski definition) is 2. The topological polar surface area (TPSA) is 44.4 Å². The van der Waals surface area contributed by atoms with E-state index >= 15 is 0 Å². The van der Waals surface area contributed by atoms with E-state index < -0.39 is 0 Å². The molecule has 0 radical (unpaired) electrons. The largest absolute Gasteiger partial charge is 0.336 e. The van der Waals surface area contributed by atoms with Gasteiger partial charge in [-0.1, -0.05) is 27.7 Å². The third kappa shape index (κ3) is 1.69. The smallest absolute Gasteiger partial charge is 0.317 e. The van der Waals surface area contributed by atoms with Crippen molar-refractivity contribution < 1.29 is 4.79 Å². The fourth-order valence-corrected chi connectivity index (χ4v) is 2.78. The molecule has 4 nitrogen and oxygen atoms in total. The molecule has 0 aromatic carbocycles. The summed E-state index contributed by atoms with van der Waals surface area (Å²) in [6, 6.07) is 0.654. The third-order valence-electron chi connectivity index (χ3n) is 4.70. The van der Waals surface area contributed by atoms with Crippen LogP contribution in [-0.2, 0) is 0 Å². The number of nitrogens with one attached hydrogen (secondary N) is 2. The summed E-state index contributed by atoms with van der Waals surface area (Å²) < 4.78 is 0. The van der Waals surface area contributed by atoms with Gasteiger partial charge in [0.05, 0.1) is 0 Å². The fraction of sp³-hybridized carbons (Fsp3) is 0.917. The third-order valence-corrected chi connectivity index (χ3v) is 4.70. The van der Waals surface area contributed by atoms with Crippen LogP contribution in [0.25, 0.3) is 0 Å². The highest BCUT2D eigenvalue weighted by molar-refractivity contribution is 5.76. The Hall–Kier alpha value is -0.770. The van der Waals surface area contributed by atoms with Crippen LogP contribution >= 0.6 is 0 Å². The van der Waals surface area contributed by atoms with Gasteiger partial charge in [-0.25, -0.2) is 4.79 Å². The Labute approximate surface area is 97.8 Å². The summed E-state index contributed by atoms with van der Waals surface area (Å²) >= 11 is 0. The van der Waals surface area contributed by atoms with Crippen LogP contribution in [0.2, 0.25) is 0 Å². The van der Waals surface area contributed by atoms with Crippen LogP contribution in [0.5, 0.6) is 0 Å². The van der Waals surface area contributed by atoms with Gasteiger partial charge in [-0.3, -0.25) is 0 Å². The monoisotopic (exact) mass is 225 g/mol. The summed E-state index contributed by atoms with van der Waals surface area (Å²) in [5.74, 6) is 0. The molecule has 0 atom stereocenters. The van der Waals surface area contributed by atoms with Crippen molar-refractivity contribution in [3.63, 3.8) is 0 Å². The van der Waals surface area contributed by atoms with E-state index in [2.05, 4.69) is 38.3 Å². The number of amides is 2. The molecule has 0 aromatic heterocycles. The van der Waals surface area contributed by atoms with Crippen LogP contribution in [0.3, 0.4) is 0 Å². The first-order chi connectivity index (χ1) is 7.37. The maximum absolute atomic E-state index is 11.3. The molecule has 16 heavy (non-hydrogen) atoms. The Morgan fingerprint density at radius 3 is 2.44 bits per heavy atom. The highest BCUT2D eigenvalue weighted by atomic mass is 16.2. The van der Waals surface area contributed by atoms with Gasteiger partial charge in [0, 0.05) is 32.2 Å². The molecule has 0 bridgehead atoms. The number of nitrogens with zero attached hydrogens (tertiary/aromatic N) is 1. The van der Waals surface area contributed by atoms with Crippen LogP contribution in [0.15, 0.2) is 0 Å². The molecule has 92 valence electrons. The Balaban J connectivity index is 1.72. The second kappa shape index (κ2) is 3.62. The van der Waals surface area contributed by atoms with Crippen LogP contribution in [0.1, 0.15) is 27.7 Å². The van der Waals surface area contributed by atoms with E-state index in [-0.39, 0.29) is 6.03 Å². The lowest BCUT2D eigenvalue weighted by Crippen LogP contribution is -2.36. The summed E-state index contributed by atoms with van der Waals surface area (Å²) in [6.45, 7) is 12.5. The molecule has 2 amide bonds. The Bertz CT molecular complexity index is 285. The quantitative estimate of drug-likeness (QED) is 0.751. The van der Waals surface area contributed by atoms with Crippen molar-refractivity contribution in [3.05, 3.63) is 0 Å². The van der Waals surface area contributed by atoms with Gasteiger partial charge in [-0.15, -0.1) is 0 Å². The molecule has 1 saturated carbocycles. The number of carbonyl (C=O) groups excluding carboxylic acids is 1. The van der Waals surface area contributed by atoms with E-state index in [1.807, 2.05) is 4.90 Å². The number of hydrogen-bond acceptors (Lipinski definition) is 2. The molecule has 0 aromatic rings. The predicted molar refractivity (Wildman–Crippen MR) is 64.3 cm³/mol. The second-order valence-electron chi connectivity index (χ2n) is 6.05. The minimum absolute atomic E-state index is 0.0797. The van der Waals surface area contributed by atoms with Gasteiger partial charge >= 0.3 is 6.03 Å². The zero-order valence-corrected chi connectivity index (χ0v) is 10.8. The lowest BCUT2D eigenvalue weighted by Gasteiger charge is -2.15. The van der Waals surface area contributed by atoms with Crippen molar-refractivity contribution in [1.82, 2.24) is 15.5 Å². The predicted octanol–water partition coefficient (Wildman–Crippen LogP) is 1.04. The average molecular weight is 225 g/mol. The molecule has 1 heterocycles. The normalized spacial score (nSPS) is 27.0. The maximum atomic E-state index is 11.3. The van der Waals surface area contributed by atoms with Crippen molar-refractivity contribution in [2.45, 2.75) is 33.7 Å². The van der Waals surface area contributed by atoms with Crippen molar-refractivity contribution in [3.8, 4) is 0 Å². The molecule has 1 aliphatic heterocycles. The van der Waals surface area contributed by atoms with Crippen LogP contribution in [-0.4, -0.2) is 43.2 Å². The molecule has 4 heteroatoms. The van der Waals surface area contributed by atoms with Gasteiger partial charge in [-0.2, -0.15) is 0 Å². The van der Waals surface area contributed by atoms with Gasteiger partial charge in [0.15, 0.2) is 0 Å². The lowest BCUT2D eigenvalue weighted by atomic mass is 10.0. The van der Waals surface area contributed by atoms with Gasteiger partial charge in [0.2, 0.25) is 0 Å². The number of urea groups is 1. The molecule has 2 fully saturated rings. The molecule has 0 unspecified atom stereocenters. The van der Waals surface area contributed by atoms with Crippen LogP contribution in [0.4, 0.5) is 4.79 Å². The van der Waals surface area contributed by atoms with Gasteiger partial charge in [0.1, 0.15) is 0 Å².